The van der Waals surface area contributed by atoms with E-state index in [1.54, 1.807) is 7.11 Å². The van der Waals surface area contributed by atoms with Gasteiger partial charge in [0.2, 0.25) is 5.91 Å². The molecule has 0 radical (unpaired) electrons. The van der Waals surface area contributed by atoms with E-state index in [-0.39, 0.29) is 16.9 Å². The van der Waals surface area contributed by atoms with E-state index >= 15 is 0 Å². The number of H-pyrrole nitrogens is 1. The Morgan fingerprint density at radius 3 is 2.69 bits per heavy atom. The van der Waals surface area contributed by atoms with Crippen molar-refractivity contribution in [1.82, 2.24) is 10.3 Å². The highest BCUT2D eigenvalue weighted by Gasteiger charge is 2.37. The summed E-state index contributed by atoms with van der Waals surface area (Å²) < 4.78 is 10.5. The van der Waals surface area contributed by atoms with Crippen LogP contribution in [0.15, 0.2) is 48.7 Å². The molecule has 1 aliphatic carbocycles. The van der Waals surface area contributed by atoms with E-state index in [4.69, 9.17) is 9.47 Å². The maximum atomic E-state index is 13.6. The van der Waals surface area contributed by atoms with E-state index in [1.165, 1.54) is 14.0 Å². The van der Waals surface area contributed by atoms with E-state index < -0.39 is 17.9 Å². The molecule has 3 unspecified atom stereocenters. The molecule has 35 heavy (non-hydrogen) atoms. The minimum atomic E-state index is -0.845. The van der Waals surface area contributed by atoms with Crippen molar-refractivity contribution in [1.29, 1.82) is 0 Å². The van der Waals surface area contributed by atoms with Crippen LogP contribution in [0.1, 0.15) is 36.0 Å². The highest BCUT2D eigenvalue weighted by atomic mass is 32.2. The van der Waals surface area contributed by atoms with Gasteiger partial charge in [-0.1, -0.05) is 42.1 Å². The number of aromatic amines is 1. The molecule has 4 rings (SSSR count). The maximum Gasteiger partial charge on any atom is 0.328 e. The predicted molar refractivity (Wildman–Crippen MR) is 137 cm³/mol. The third-order valence-electron chi connectivity index (χ3n) is 6.68. The van der Waals surface area contributed by atoms with Crippen molar-refractivity contribution in [3.63, 3.8) is 0 Å². The Morgan fingerprint density at radius 1 is 1.14 bits per heavy atom. The largest absolute Gasteiger partial charge is 0.496 e. The molecular weight excluding hydrogens is 464 g/mol. The number of aromatic nitrogens is 1. The van der Waals surface area contributed by atoms with Gasteiger partial charge in [-0.2, -0.15) is 0 Å². The van der Waals surface area contributed by atoms with Gasteiger partial charge in [-0.3, -0.25) is 9.59 Å². The van der Waals surface area contributed by atoms with E-state index in [2.05, 4.69) is 10.3 Å². The molecule has 1 aromatic heterocycles. The number of nitrogens with one attached hydrogen (secondary N) is 2. The summed E-state index contributed by atoms with van der Waals surface area (Å²) in [7, 11) is 2.96. The first-order chi connectivity index (χ1) is 16.9. The molecule has 3 atom stereocenters. The Hall–Kier alpha value is -3.26. The number of rotatable bonds is 9. The number of benzene rings is 2. The summed E-state index contributed by atoms with van der Waals surface area (Å²) in [6, 6.07) is 12.9. The van der Waals surface area contributed by atoms with Gasteiger partial charge in [-0.15, -0.1) is 0 Å². The number of esters is 1. The lowest BCUT2D eigenvalue weighted by Gasteiger charge is -2.26. The molecule has 7 nitrogen and oxygen atoms in total. The number of thioether (sulfide) groups is 1. The number of fused-ring (bicyclic) bond motifs is 2. The lowest BCUT2D eigenvalue weighted by molar-refractivity contribution is -0.145. The predicted octanol–water partition coefficient (Wildman–Crippen LogP) is 4.00. The first-order valence-corrected chi connectivity index (χ1v) is 12.6. The second-order valence-corrected chi connectivity index (χ2v) is 9.93. The fourth-order valence-corrected chi connectivity index (χ4v) is 5.78. The number of para-hydroxylation sites is 1. The standard InChI is InChI=1S/C27H30N2O5S/c1-16(30)35-15-22(20-11-12-21-19(20)8-6-10-25(21)33-2)26(31)29-24(27(32)34-3)13-17-14-28-23-9-5-4-7-18(17)23/h4-10,14,20,22,24,28H,11-13,15H2,1-3H3,(H,29,31). The zero-order valence-corrected chi connectivity index (χ0v) is 20.9. The molecule has 0 saturated carbocycles. The van der Waals surface area contributed by atoms with Crippen molar-refractivity contribution in [2.24, 2.45) is 5.92 Å². The van der Waals surface area contributed by atoms with Crippen molar-refractivity contribution < 1.29 is 23.9 Å². The Balaban J connectivity index is 1.59. The number of carbonyl (C=O) groups excluding carboxylic acids is 3. The lowest BCUT2D eigenvalue weighted by Crippen LogP contribution is -2.47. The number of ether oxygens (including phenoxy) is 2. The average Bonchev–Trinajstić information content (AvgIpc) is 3.47. The fourth-order valence-electron chi connectivity index (χ4n) is 4.98. The van der Waals surface area contributed by atoms with E-state index in [0.29, 0.717) is 12.2 Å². The highest BCUT2D eigenvalue weighted by Crippen LogP contribution is 2.43. The van der Waals surface area contributed by atoms with Gasteiger partial charge in [0.25, 0.3) is 0 Å². The number of methoxy groups -OCH3 is 2. The van der Waals surface area contributed by atoms with Crippen LogP contribution in [0.25, 0.3) is 10.9 Å². The van der Waals surface area contributed by atoms with E-state index in [1.807, 2.05) is 48.7 Å². The van der Waals surface area contributed by atoms with Crippen LogP contribution in [0.2, 0.25) is 0 Å². The van der Waals surface area contributed by atoms with Crippen LogP contribution in [-0.2, 0) is 32.0 Å². The Bertz CT molecular complexity index is 1240. The Labute approximate surface area is 209 Å². The van der Waals surface area contributed by atoms with Crippen molar-refractivity contribution >= 4 is 39.7 Å². The Morgan fingerprint density at radius 2 is 1.94 bits per heavy atom. The van der Waals surface area contributed by atoms with E-state index in [9.17, 15) is 14.4 Å². The monoisotopic (exact) mass is 494 g/mol. The summed E-state index contributed by atoms with van der Waals surface area (Å²) in [5.41, 5.74) is 4.06. The summed E-state index contributed by atoms with van der Waals surface area (Å²) in [5, 5.41) is 3.90. The minimum absolute atomic E-state index is 0.0463. The Kier molecular flexibility index (Phi) is 7.80. The van der Waals surface area contributed by atoms with Gasteiger partial charge in [0.1, 0.15) is 11.8 Å². The van der Waals surface area contributed by atoms with Gasteiger partial charge < -0.3 is 19.8 Å². The highest BCUT2D eigenvalue weighted by molar-refractivity contribution is 8.13. The van der Waals surface area contributed by atoms with Gasteiger partial charge in [0, 0.05) is 36.2 Å². The zero-order valence-electron chi connectivity index (χ0n) is 20.1. The third kappa shape index (κ3) is 5.37. The first-order valence-electron chi connectivity index (χ1n) is 11.6. The fraction of sp³-hybridized carbons (Fsp3) is 0.370. The van der Waals surface area contributed by atoms with Crippen LogP contribution in [0.4, 0.5) is 0 Å². The number of carbonyl (C=O) groups is 3. The number of hydrogen-bond donors (Lipinski definition) is 2. The molecular formula is C27H30N2O5S. The van der Waals surface area contributed by atoms with Crippen molar-refractivity contribution in [3.05, 3.63) is 65.4 Å². The van der Waals surface area contributed by atoms with Gasteiger partial charge in [0.15, 0.2) is 5.12 Å². The molecule has 3 aromatic rings. The van der Waals surface area contributed by atoms with Crippen molar-refractivity contribution in [2.45, 2.75) is 38.1 Å². The molecule has 2 N–H and O–H groups in total. The molecule has 2 aromatic carbocycles. The van der Waals surface area contributed by atoms with Crippen LogP contribution in [0, 0.1) is 5.92 Å². The summed E-state index contributed by atoms with van der Waals surface area (Å²) in [5.74, 6) is -0.158. The number of hydrogen-bond acceptors (Lipinski definition) is 6. The summed E-state index contributed by atoms with van der Waals surface area (Å²) in [6.07, 6.45) is 3.73. The van der Waals surface area contributed by atoms with Gasteiger partial charge >= 0.3 is 5.97 Å². The smallest absolute Gasteiger partial charge is 0.328 e. The molecule has 0 fully saturated rings. The SMILES string of the molecule is COC(=O)C(Cc1c[nH]c2ccccc12)NC(=O)C(CSC(C)=O)C1CCc2c(OC)cccc21. The normalized spacial score (nSPS) is 16.4. The average molecular weight is 495 g/mol. The van der Waals surface area contributed by atoms with Crippen LogP contribution in [0.3, 0.4) is 0 Å². The molecule has 1 aliphatic rings. The van der Waals surface area contributed by atoms with Crippen LogP contribution in [0.5, 0.6) is 5.75 Å². The molecule has 0 bridgehead atoms. The second-order valence-electron chi connectivity index (χ2n) is 8.73. The number of amides is 1. The van der Waals surface area contributed by atoms with Crippen molar-refractivity contribution in [3.8, 4) is 5.75 Å². The third-order valence-corrected chi connectivity index (χ3v) is 7.62. The second kappa shape index (κ2) is 11.0. The van der Waals surface area contributed by atoms with Gasteiger partial charge in [-0.05, 0) is 47.6 Å². The van der Waals surface area contributed by atoms with Crippen LogP contribution >= 0.6 is 11.8 Å². The first kappa shape index (κ1) is 24.9. The quantitative estimate of drug-likeness (QED) is 0.437. The molecule has 0 spiro atoms. The van der Waals surface area contributed by atoms with E-state index in [0.717, 1.165) is 57.9 Å². The minimum Gasteiger partial charge on any atom is -0.496 e. The van der Waals surface area contributed by atoms with Gasteiger partial charge in [0.05, 0.1) is 20.1 Å². The summed E-state index contributed by atoms with van der Waals surface area (Å²) >= 11 is 1.14. The summed E-state index contributed by atoms with van der Waals surface area (Å²) in [4.78, 5) is 41.3. The lowest BCUT2D eigenvalue weighted by atomic mass is 9.87. The van der Waals surface area contributed by atoms with Crippen LogP contribution < -0.4 is 10.1 Å². The maximum absolute atomic E-state index is 13.6. The molecule has 0 saturated heterocycles. The topological polar surface area (TPSA) is 97.5 Å². The van der Waals surface area contributed by atoms with Crippen LogP contribution in [-0.4, -0.2) is 48.0 Å². The molecule has 184 valence electrons. The molecule has 8 heteroatoms. The molecule has 1 amide bonds. The van der Waals surface area contributed by atoms with Gasteiger partial charge in [-0.25, -0.2) is 4.79 Å². The summed E-state index contributed by atoms with van der Waals surface area (Å²) in [6.45, 7) is 1.50. The molecule has 1 heterocycles. The molecule has 0 aliphatic heterocycles. The zero-order chi connectivity index (χ0) is 24.9. The van der Waals surface area contributed by atoms with Crippen molar-refractivity contribution in [2.75, 3.05) is 20.0 Å².